The normalized spacial score (nSPS) is 34.7. The van der Waals surface area contributed by atoms with Gasteiger partial charge in [-0.2, -0.15) is 5.26 Å². The molecule has 0 aliphatic heterocycles. The molecule has 2 unspecified atom stereocenters. The Hall–Kier alpha value is 0.318. The van der Waals surface area contributed by atoms with E-state index in [-0.39, 0.29) is 5.54 Å². The Morgan fingerprint density at radius 1 is 0.793 bits per heavy atom. The summed E-state index contributed by atoms with van der Waals surface area (Å²) >= 11 is 0. The quantitative estimate of drug-likeness (QED) is 0.374. The molecule has 0 saturated heterocycles. The lowest BCUT2D eigenvalue weighted by Gasteiger charge is -2.67. The van der Waals surface area contributed by atoms with Crippen LogP contribution in [0, 0.1) is 34.5 Å². The van der Waals surface area contributed by atoms with Gasteiger partial charge in [0, 0.05) is 26.5 Å². The zero-order valence-corrected chi connectivity index (χ0v) is 25.0. The van der Waals surface area contributed by atoms with E-state index in [0.29, 0.717) is 11.1 Å². The summed E-state index contributed by atoms with van der Waals surface area (Å²) in [5.41, 5.74) is 1.05. The van der Waals surface area contributed by atoms with Crippen LogP contribution in [-0.4, -0.2) is 36.3 Å². The van der Waals surface area contributed by atoms with Gasteiger partial charge in [0.2, 0.25) is 0 Å². The second-order valence-electron chi connectivity index (χ2n) is 14.1. The lowest BCUT2D eigenvalue weighted by molar-refractivity contribution is -0.0916. The molecule has 29 heavy (non-hydrogen) atoms. The first-order chi connectivity index (χ1) is 13.1. The molecule has 4 fully saturated rings. The fourth-order valence-electron chi connectivity index (χ4n) is 9.09. The van der Waals surface area contributed by atoms with Gasteiger partial charge in [0.05, 0.1) is 13.2 Å². The first-order valence-electron chi connectivity index (χ1n) is 12.1. The van der Waals surface area contributed by atoms with Crippen molar-refractivity contribution in [2.24, 2.45) is 23.2 Å². The van der Waals surface area contributed by atoms with E-state index >= 15 is 0 Å². The topological polar surface area (TPSA) is 33.0 Å². The highest BCUT2D eigenvalue weighted by Crippen LogP contribution is 2.64. The Morgan fingerprint density at radius 2 is 1.17 bits per heavy atom. The SMILES string of the molecule is CC(C#N)[Si](C(O[Si](C)(C)C)C12CC3CC(CC(C3)C1)C2)([Si](C)(C)C)[Si](C)(C)C. The molecule has 166 valence electrons. The number of hydrogen-bond donors (Lipinski definition) is 0. The molecule has 4 bridgehead atoms. The van der Waals surface area contributed by atoms with E-state index in [1.54, 1.807) is 0 Å². The van der Waals surface area contributed by atoms with Gasteiger partial charge >= 0.3 is 0 Å². The predicted molar refractivity (Wildman–Crippen MR) is 136 cm³/mol. The van der Waals surface area contributed by atoms with Crippen LogP contribution in [0.1, 0.15) is 45.4 Å². The molecule has 4 saturated carbocycles. The largest absolute Gasteiger partial charge is 0.418 e. The van der Waals surface area contributed by atoms with E-state index in [0.717, 1.165) is 17.8 Å². The highest BCUT2D eigenvalue weighted by atomic mass is 29.6. The van der Waals surface area contributed by atoms with Crippen molar-refractivity contribution in [3.05, 3.63) is 0 Å². The van der Waals surface area contributed by atoms with E-state index in [2.05, 4.69) is 71.9 Å². The average molecular weight is 466 g/mol. The molecule has 0 aromatic rings. The molecular weight excluding hydrogens is 419 g/mol. The third-order valence-electron chi connectivity index (χ3n) is 8.89. The van der Waals surface area contributed by atoms with Gasteiger partial charge in [-0.15, -0.1) is 0 Å². The summed E-state index contributed by atoms with van der Waals surface area (Å²) < 4.78 is 7.48. The zero-order valence-electron chi connectivity index (χ0n) is 21.0. The summed E-state index contributed by atoms with van der Waals surface area (Å²) in [6.07, 6.45) is 8.70. The van der Waals surface area contributed by atoms with Crippen LogP contribution in [0.25, 0.3) is 0 Å². The van der Waals surface area contributed by atoms with E-state index in [1.807, 2.05) is 0 Å². The first-order valence-corrected chi connectivity index (χ1v) is 26.7. The smallest absolute Gasteiger partial charge is 0.183 e. The molecule has 4 aliphatic rings. The van der Waals surface area contributed by atoms with Crippen LogP contribution < -0.4 is 0 Å². The van der Waals surface area contributed by atoms with E-state index in [4.69, 9.17) is 4.43 Å². The molecule has 2 atom stereocenters. The Morgan fingerprint density at radius 3 is 1.45 bits per heavy atom. The molecule has 0 N–H and O–H groups in total. The van der Waals surface area contributed by atoms with Crippen molar-refractivity contribution in [3.63, 3.8) is 0 Å². The van der Waals surface area contributed by atoms with Gasteiger partial charge in [-0.05, 0) is 81.3 Å². The van der Waals surface area contributed by atoms with Gasteiger partial charge in [0.1, 0.15) is 0 Å². The minimum Gasteiger partial charge on any atom is -0.418 e. The van der Waals surface area contributed by atoms with Crippen LogP contribution >= 0.6 is 0 Å². The summed E-state index contributed by atoms with van der Waals surface area (Å²) in [6, 6.07) is 2.88. The van der Waals surface area contributed by atoms with Crippen molar-refractivity contribution >= 4 is 30.6 Å². The van der Waals surface area contributed by atoms with Gasteiger partial charge in [0.25, 0.3) is 0 Å². The maximum Gasteiger partial charge on any atom is 0.183 e. The minimum absolute atomic E-state index is 0.218. The predicted octanol–water partition coefficient (Wildman–Crippen LogP) is 7.16. The fraction of sp³-hybridized carbons (Fsp3) is 0.957. The lowest BCUT2D eigenvalue weighted by atomic mass is 9.50. The zero-order chi connectivity index (χ0) is 22.0. The Bertz CT molecular complexity index is 615. The molecule has 0 spiro atoms. The maximum atomic E-state index is 10.4. The molecule has 4 rings (SSSR count). The minimum atomic E-state index is -2.00. The standard InChI is InChI=1S/C23H47NOSi4/c1-18(17-24)29(27(5,6)7,28(8,9)10)22(25-26(2,3)4)23-14-19-11-20(15-23)13-21(12-19)16-23/h18-22H,11-16H2,1-10H3. The third kappa shape index (κ3) is 3.97. The van der Waals surface area contributed by atoms with Gasteiger partial charge in [-0.3, -0.25) is 0 Å². The molecule has 0 heterocycles. The van der Waals surface area contributed by atoms with Gasteiger partial charge < -0.3 is 4.43 Å². The Kier molecular flexibility index (Phi) is 6.14. The summed E-state index contributed by atoms with van der Waals surface area (Å²) in [6.45, 7) is 25.3. The van der Waals surface area contributed by atoms with Gasteiger partial charge in [-0.25, -0.2) is 0 Å². The highest BCUT2D eigenvalue weighted by molar-refractivity contribution is 7.69. The van der Waals surface area contributed by atoms with E-state index in [9.17, 15) is 5.26 Å². The second kappa shape index (κ2) is 7.43. The third-order valence-corrected chi connectivity index (χ3v) is 50.6. The number of nitrogens with zero attached hydrogens (tertiary/aromatic N) is 1. The van der Waals surface area contributed by atoms with Crippen LogP contribution in [0.3, 0.4) is 0 Å². The molecule has 0 radical (unpaired) electrons. The van der Waals surface area contributed by atoms with Crippen LogP contribution in [0.4, 0.5) is 0 Å². The lowest BCUT2D eigenvalue weighted by Crippen LogP contribution is -2.83. The van der Waals surface area contributed by atoms with Crippen molar-refractivity contribution in [2.45, 2.75) is 116 Å². The van der Waals surface area contributed by atoms with Crippen LogP contribution in [0.2, 0.25) is 64.5 Å². The second-order valence-corrected chi connectivity index (χ2v) is 46.2. The molecule has 0 aromatic heterocycles. The van der Waals surface area contributed by atoms with Gasteiger partial charge in [-0.1, -0.05) is 46.2 Å². The summed E-state index contributed by atoms with van der Waals surface area (Å²) in [4.78, 5) is 0. The average Bonchev–Trinajstić information content (AvgIpc) is 2.49. The van der Waals surface area contributed by atoms with Crippen molar-refractivity contribution in [3.8, 4) is 6.07 Å². The van der Waals surface area contributed by atoms with Crippen molar-refractivity contribution in [1.82, 2.24) is 0 Å². The molecule has 4 aliphatic carbocycles. The first kappa shape index (κ1) is 24.0. The summed E-state index contributed by atoms with van der Waals surface area (Å²) in [5, 5.41) is 10.4. The maximum absolute atomic E-state index is 10.4. The molecular formula is C23H47NOSi4. The summed E-state index contributed by atoms with van der Waals surface area (Å²) in [7, 11) is -6.92. The molecule has 2 nitrogen and oxygen atoms in total. The highest BCUT2D eigenvalue weighted by Gasteiger charge is 2.69. The van der Waals surface area contributed by atoms with Crippen molar-refractivity contribution in [2.75, 3.05) is 0 Å². The molecule has 0 aromatic carbocycles. The molecule has 6 heteroatoms. The Balaban J connectivity index is 2.25. The fourth-order valence-corrected chi connectivity index (χ4v) is 63.1. The van der Waals surface area contributed by atoms with Gasteiger partial charge in [0.15, 0.2) is 8.32 Å². The van der Waals surface area contributed by atoms with Crippen LogP contribution in [-0.2, 0) is 4.43 Å². The van der Waals surface area contributed by atoms with E-state index in [1.165, 1.54) is 38.5 Å². The van der Waals surface area contributed by atoms with Crippen molar-refractivity contribution < 1.29 is 4.43 Å². The number of rotatable bonds is 7. The number of hydrogen-bond acceptors (Lipinski definition) is 2. The van der Waals surface area contributed by atoms with E-state index < -0.39 is 30.6 Å². The molecule has 0 amide bonds. The summed E-state index contributed by atoms with van der Waals surface area (Å²) in [5.74, 6) is 2.84. The van der Waals surface area contributed by atoms with Crippen molar-refractivity contribution in [1.29, 1.82) is 5.26 Å². The van der Waals surface area contributed by atoms with Crippen LogP contribution in [0.5, 0.6) is 0 Å². The monoisotopic (exact) mass is 465 g/mol. The Labute approximate surface area is 184 Å². The van der Waals surface area contributed by atoms with Crippen LogP contribution in [0.15, 0.2) is 0 Å². The number of nitriles is 1.